The normalized spacial score (nSPS) is 12.3. The molecule has 2 aromatic rings. The van der Waals surface area contributed by atoms with Crippen molar-refractivity contribution in [1.29, 1.82) is 0 Å². The fourth-order valence-corrected chi connectivity index (χ4v) is 3.79. The largest absolute Gasteiger partial charge is 0.316 e. The summed E-state index contributed by atoms with van der Waals surface area (Å²) in [6.45, 7) is 4.36. The van der Waals surface area contributed by atoms with E-state index in [1.807, 2.05) is 0 Å². The fraction of sp³-hybridized carbons (Fsp3) is 0.333. The zero-order chi connectivity index (χ0) is 10.9. The van der Waals surface area contributed by atoms with Crippen molar-refractivity contribution in [3.8, 4) is 0 Å². The molecular weight excluding hydrogens is 222 g/mol. The van der Waals surface area contributed by atoms with E-state index in [1.54, 1.807) is 22.7 Å². The highest BCUT2D eigenvalue weighted by molar-refractivity contribution is 7.11. The van der Waals surface area contributed by atoms with Crippen LogP contribution in [0.15, 0.2) is 35.0 Å². The first kappa shape index (κ1) is 10.9. The number of hydrogen-bond acceptors (Lipinski definition) is 3. The van der Waals surface area contributed by atoms with Crippen molar-refractivity contribution in [2.45, 2.75) is 19.4 Å². The van der Waals surface area contributed by atoms with E-state index >= 15 is 0 Å². The van der Waals surface area contributed by atoms with Crippen LogP contribution in [-0.2, 0) is 5.54 Å². The highest BCUT2D eigenvalue weighted by Crippen LogP contribution is 2.38. The molecule has 0 aliphatic carbocycles. The van der Waals surface area contributed by atoms with Crippen LogP contribution in [0.3, 0.4) is 0 Å². The second-order valence-corrected chi connectivity index (χ2v) is 5.87. The number of hydrogen-bond donors (Lipinski definition) is 1. The third-order valence-corrected chi connectivity index (χ3v) is 4.81. The van der Waals surface area contributed by atoms with Gasteiger partial charge in [-0.3, -0.25) is 0 Å². The van der Waals surface area contributed by atoms with Gasteiger partial charge in [0.2, 0.25) is 0 Å². The number of thiophene rings is 2. The monoisotopic (exact) mass is 237 g/mol. The Morgan fingerprint density at radius 2 is 1.53 bits per heavy atom. The standard InChI is InChI=1S/C12H15NS2/c1-9(2)12(13,10-5-3-7-14-10)11-6-4-8-15-11/h3-9H,13H2,1-2H3. The van der Waals surface area contributed by atoms with E-state index in [9.17, 15) is 0 Å². The second-order valence-electron chi connectivity index (χ2n) is 3.98. The summed E-state index contributed by atoms with van der Waals surface area (Å²) in [6, 6.07) is 8.39. The summed E-state index contributed by atoms with van der Waals surface area (Å²) >= 11 is 3.48. The fourth-order valence-electron chi connectivity index (χ4n) is 1.72. The van der Waals surface area contributed by atoms with Gasteiger partial charge in [0.25, 0.3) is 0 Å². The Bertz CT molecular complexity index is 367. The molecule has 0 saturated heterocycles. The van der Waals surface area contributed by atoms with E-state index in [-0.39, 0.29) is 5.54 Å². The highest BCUT2D eigenvalue weighted by Gasteiger charge is 2.34. The molecule has 0 aliphatic rings. The van der Waals surface area contributed by atoms with Crippen LogP contribution in [-0.4, -0.2) is 0 Å². The topological polar surface area (TPSA) is 26.0 Å². The maximum Gasteiger partial charge on any atom is 0.0875 e. The summed E-state index contributed by atoms with van der Waals surface area (Å²) in [5, 5.41) is 4.18. The summed E-state index contributed by atoms with van der Waals surface area (Å²) in [5.41, 5.74) is 6.28. The smallest absolute Gasteiger partial charge is 0.0875 e. The lowest BCUT2D eigenvalue weighted by Crippen LogP contribution is -2.41. The van der Waals surface area contributed by atoms with E-state index in [4.69, 9.17) is 5.73 Å². The van der Waals surface area contributed by atoms with Crippen LogP contribution in [0.1, 0.15) is 23.6 Å². The molecule has 2 N–H and O–H groups in total. The van der Waals surface area contributed by atoms with E-state index < -0.39 is 0 Å². The second kappa shape index (κ2) is 4.08. The Morgan fingerprint density at radius 3 is 1.80 bits per heavy atom. The van der Waals surface area contributed by atoms with Crippen molar-refractivity contribution in [1.82, 2.24) is 0 Å². The minimum Gasteiger partial charge on any atom is -0.316 e. The molecule has 2 heterocycles. The Hall–Kier alpha value is -0.640. The number of rotatable bonds is 3. The molecule has 0 spiro atoms. The van der Waals surface area contributed by atoms with Crippen LogP contribution in [0, 0.1) is 5.92 Å². The minimum atomic E-state index is -0.317. The van der Waals surface area contributed by atoms with Gasteiger partial charge in [-0.25, -0.2) is 0 Å². The summed E-state index contributed by atoms with van der Waals surface area (Å²) in [4.78, 5) is 2.50. The lowest BCUT2D eigenvalue weighted by molar-refractivity contribution is 0.397. The molecule has 15 heavy (non-hydrogen) atoms. The zero-order valence-electron chi connectivity index (χ0n) is 8.94. The molecular formula is C12H15NS2. The third-order valence-electron chi connectivity index (χ3n) is 2.77. The lowest BCUT2D eigenvalue weighted by atomic mass is 9.84. The summed E-state index contributed by atoms with van der Waals surface area (Å²) < 4.78 is 0. The van der Waals surface area contributed by atoms with Gasteiger partial charge in [0, 0.05) is 9.75 Å². The van der Waals surface area contributed by atoms with Gasteiger partial charge in [0.05, 0.1) is 5.54 Å². The van der Waals surface area contributed by atoms with Crippen LogP contribution in [0.5, 0.6) is 0 Å². The minimum absolute atomic E-state index is 0.317. The molecule has 0 bridgehead atoms. The van der Waals surface area contributed by atoms with Crippen molar-refractivity contribution in [2.75, 3.05) is 0 Å². The van der Waals surface area contributed by atoms with Gasteiger partial charge in [-0.15, -0.1) is 22.7 Å². The predicted molar refractivity (Wildman–Crippen MR) is 68.4 cm³/mol. The van der Waals surface area contributed by atoms with E-state index in [0.717, 1.165) is 0 Å². The molecule has 2 aromatic heterocycles. The Morgan fingerprint density at radius 1 is 1.07 bits per heavy atom. The van der Waals surface area contributed by atoms with Crippen molar-refractivity contribution >= 4 is 22.7 Å². The molecule has 0 saturated carbocycles. The van der Waals surface area contributed by atoms with Gasteiger partial charge in [-0.1, -0.05) is 26.0 Å². The van der Waals surface area contributed by atoms with Crippen LogP contribution in [0.4, 0.5) is 0 Å². The summed E-state index contributed by atoms with van der Waals surface area (Å²) in [6.07, 6.45) is 0. The Labute approximate surface area is 98.6 Å². The summed E-state index contributed by atoms with van der Waals surface area (Å²) in [5.74, 6) is 0.398. The van der Waals surface area contributed by atoms with Gasteiger partial charge in [0.1, 0.15) is 0 Å². The molecule has 0 fully saturated rings. The molecule has 0 radical (unpaired) electrons. The summed E-state index contributed by atoms with van der Waals surface area (Å²) in [7, 11) is 0. The Balaban J connectivity index is 2.51. The first-order valence-corrected chi connectivity index (χ1v) is 6.78. The van der Waals surface area contributed by atoms with Crippen molar-refractivity contribution < 1.29 is 0 Å². The molecule has 2 rings (SSSR count). The van der Waals surface area contributed by atoms with Crippen molar-refractivity contribution in [3.63, 3.8) is 0 Å². The number of nitrogens with two attached hydrogens (primary N) is 1. The average molecular weight is 237 g/mol. The molecule has 1 nitrogen and oxygen atoms in total. The molecule has 80 valence electrons. The molecule has 0 unspecified atom stereocenters. The maximum atomic E-state index is 6.59. The first-order valence-electron chi connectivity index (χ1n) is 5.02. The maximum absolute atomic E-state index is 6.59. The third kappa shape index (κ3) is 1.75. The molecule has 3 heteroatoms. The van der Waals surface area contributed by atoms with Gasteiger partial charge in [0.15, 0.2) is 0 Å². The Kier molecular flexibility index (Phi) is 2.96. The zero-order valence-corrected chi connectivity index (χ0v) is 10.6. The highest BCUT2D eigenvalue weighted by atomic mass is 32.1. The van der Waals surface area contributed by atoms with Gasteiger partial charge in [-0.05, 0) is 28.8 Å². The van der Waals surface area contributed by atoms with Gasteiger partial charge < -0.3 is 5.73 Å². The van der Waals surface area contributed by atoms with E-state index in [0.29, 0.717) is 5.92 Å². The van der Waals surface area contributed by atoms with Crippen LogP contribution >= 0.6 is 22.7 Å². The SMILES string of the molecule is CC(C)C(N)(c1cccs1)c1cccs1. The lowest BCUT2D eigenvalue weighted by Gasteiger charge is -2.31. The average Bonchev–Trinajstić information content (AvgIpc) is 2.89. The van der Waals surface area contributed by atoms with E-state index in [2.05, 4.69) is 48.9 Å². The van der Waals surface area contributed by atoms with Crippen LogP contribution < -0.4 is 5.73 Å². The van der Waals surface area contributed by atoms with Crippen molar-refractivity contribution in [3.05, 3.63) is 44.8 Å². The molecule has 0 amide bonds. The van der Waals surface area contributed by atoms with Crippen molar-refractivity contribution in [2.24, 2.45) is 11.7 Å². The molecule has 0 aliphatic heterocycles. The van der Waals surface area contributed by atoms with Gasteiger partial charge >= 0.3 is 0 Å². The first-order chi connectivity index (χ1) is 7.15. The molecule has 0 aromatic carbocycles. The predicted octanol–water partition coefficient (Wildman–Crippen LogP) is 3.67. The van der Waals surface area contributed by atoms with Crippen LogP contribution in [0.2, 0.25) is 0 Å². The van der Waals surface area contributed by atoms with Gasteiger partial charge in [-0.2, -0.15) is 0 Å². The van der Waals surface area contributed by atoms with E-state index in [1.165, 1.54) is 9.75 Å². The molecule has 0 atom stereocenters. The quantitative estimate of drug-likeness (QED) is 0.866. The van der Waals surface area contributed by atoms with Crippen LogP contribution in [0.25, 0.3) is 0 Å².